The van der Waals surface area contributed by atoms with Crippen molar-refractivity contribution in [1.29, 1.82) is 10.5 Å². The molecule has 0 spiro atoms. The van der Waals surface area contributed by atoms with Gasteiger partial charge in [0.1, 0.15) is 12.1 Å². The molecular formula is C106H64F12N6. The van der Waals surface area contributed by atoms with Crippen molar-refractivity contribution in [2.75, 3.05) is 0 Å². The average molecular weight is 1650 g/mol. The van der Waals surface area contributed by atoms with Gasteiger partial charge in [-0.1, -0.05) is 194 Å². The zero-order valence-corrected chi connectivity index (χ0v) is 66.2. The molecule has 0 aliphatic carbocycles. The molecule has 6 nitrogen and oxygen atoms in total. The number of aryl methyl sites for hydroxylation is 4. The molecule has 602 valence electrons. The molecule has 0 aliphatic heterocycles. The minimum absolute atomic E-state index is 0.00239. The number of para-hydroxylation sites is 3. The zero-order valence-electron chi connectivity index (χ0n) is 66.2. The van der Waals surface area contributed by atoms with Crippen molar-refractivity contribution in [3.05, 3.63) is 371 Å². The molecule has 20 aromatic rings. The second-order valence-electron chi connectivity index (χ2n) is 31.5. The molecule has 4 heterocycles. The molecule has 0 fully saturated rings. The summed E-state index contributed by atoms with van der Waals surface area (Å²) in [4.78, 5) is 0. The lowest BCUT2D eigenvalue weighted by atomic mass is 9.90. The Hall–Kier alpha value is -15.1. The number of nitriles is 2. The normalized spacial score (nSPS) is 12.3. The Bertz CT molecular complexity index is 7960. The summed E-state index contributed by atoms with van der Waals surface area (Å²) in [7, 11) is 0. The van der Waals surface area contributed by atoms with Crippen molar-refractivity contribution < 1.29 is 52.7 Å². The van der Waals surface area contributed by atoms with Crippen LogP contribution in [0.3, 0.4) is 0 Å². The number of halogens is 12. The molecule has 0 bridgehead atoms. The van der Waals surface area contributed by atoms with E-state index in [2.05, 4.69) is 12.1 Å². The Labute approximate surface area is 701 Å². The number of fused-ring (bicyclic) bond motifs is 12. The van der Waals surface area contributed by atoms with E-state index in [9.17, 15) is 10.5 Å². The molecule has 18 heteroatoms. The number of nitrogens with zero attached hydrogens (tertiary/aromatic N) is 6. The van der Waals surface area contributed by atoms with Gasteiger partial charge >= 0.3 is 24.7 Å². The molecule has 0 saturated carbocycles. The lowest BCUT2D eigenvalue weighted by molar-refractivity contribution is -0.143. The molecule has 0 N–H and O–H groups in total. The Morgan fingerprint density at radius 1 is 0.210 bits per heavy atom. The molecule has 0 saturated heterocycles. The van der Waals surface area contributed by atoms with Crippen LogP contribution in [0.4, 0.5) is 52.7 Å². The third kappa shape index (κ3) is 12.6. The van der Waals surface area contributed by atoms with Crippen LogP contribution in [0.15, 0.2) is 315 Å². The van der Waals surface area contributed by atoms with Crippen molar-refractivity contribution in [2.24, 2.45) is 0 Å². The highest BCUT2D eigenvalue weighted by Gasteiger charge is 2.45. The highest BCUT2D eigenvalue weighted by Crippen LogP contribution is 2.54. The molecule has 0 aliphatic rings. The number of alkyl halides is 12. The molecule has 124 heavy (non-hydrogen) atoms. The van der Waals surface area contributed by atoms with Gasteiger partial charge in [-0.05, 0) is 227 Å². The highest BCUT2D eigenvalue weighted by atomic mass is 19.4. The molecule has 0 amide bonds. The monoisotopic (exact) mass is 1650 g/mol. The number of benzene rings is 16. The lowest BCUT2D eigenvalue weighted by Gasteiger charge is -2.24. The van der Waals surface area contributed by atoms with Crippen LogP contribution in [0.2, 0.25) is 0 Å². The quantitative estimate of drug-likeness (QED) is 0.121. The van der Waals surface area contributed by atoms with Gasteiger partial charge in [0.25, 0.3) is 0 Å². The van der Waals surface area contributed by atoms with E-state index in [1.54, 1.807) is 85.0 Å². The van der Waals surface area contributed by atoms with Crippen LogP contribution in [0, 0.1) is 50.4 Å². The van der Waals surface area contributed by atoms with Crippen molar-refractivity contribution in [3.8, 4) is 113 Å². The molecule has 4 aromatic heterocycles. The summed E-state index contributed by atoms with van der Waals surface area (Å²) in [6, 6.07) is 92.7. The average Bonchev–Trinajstić information content (AvgIpc) is 1.48. The van der Waals surface area contributed by atoms with E-state index in [4.69, 9.17) is 0 Å². The van der Waals surface area contributed by atoms with E-state index in [1.165, 1.54) is 24.3 Å². The summed E-state index contributed by atoms with van der Waals surface area (Å²) in [5.74, 6) is 0. The van der Waals surface area contributed by atoms with Gasteiger partial charge in [0.15, 0.2) is 0 Å². The summed E-state index contributed by atoms with van der Waals surface area (Å²) >= 11 is 0. The van der Waals surface area contributed by atoms with Crippen LogP contribution in [-0.4, -0.2) is 18.3 Å². The van der Waals surface area contributed by atoms with Gasteiger partial charge in [0.2, 0.25) is 0 Å². The van der Waals surface area contributed by atoms with Crippen LogP contribution >= 0.6 is 0 Å². The summed E-state index contributed by atoms with van der Waals surface area (Å²) in [6.45, 7) is 7.78. The Balaban J connectivity index is 0.781. The van der Waals surface area contributed by atoms with E-state index in [0.717, 1.165) is 78.5 Å². The van der Waals surface area contributed by atoms with Crippen LogP contribution in [0.25, 0.3) is 188 Å². The van der Waals surface area contributed by atoms with E-state index in [-0.39, 0.29) is 33.9 Å². The molecule has 0 atom stereocenters. The van der Waals surface area contributed by atoms with E-state index in [1.807, 2.05) is 216 Å². The van der Waals surface area contributed by atoms with E-state index >= 15 is 52.7 Å². The predicted octanol–water partition coefficient (Wildman–Crippen LogP) is 30.8. The first-order valence-corrected chi connectivity index (χ1v) is 39.8. The summed E-state index contributed by atoms with van der Waals surface area (Å²) in [5.41, 5.74) is 5.21. The van der Waals surface area contributed by atoms with E-state index in [0.29, 0.717) is 123 Å². The van der Waals surface area contributed by atoms with E-state index < -0.39 is 69.2 Å². The Morgan fingerprint density at radius 2 is 0.484 bits per heavy atom. The fraction of sp³-hybridized carbons (Fsp3) is 0.0755. The molecular weight excluding hydrogens is 1590 g/mol. The van der Waals surface area contributed by atoms with Crippen LogP contribution < -0.4 is 0 Å². The summed E-state index contributed by atoms with van der Waals surface area (Å²) in [6.07, 6.45) is -21.3. The molecule has 0 radical (unpaired) electrons. The van der Waals surface area contributed by atoms with Crippen molar-refractivity contribution in [1.82, 2.24) is 18.3 Å². The highest BCUT2D eigenvalue weighted by molar-refractivity contribution is 6.16. The minimum atomic E-state index is -5.34. The maximum absolute atomic E-state index is 16.1. The van der Waals surface area contributed by atoms with Crippen LogP contribution in [0.1, 0.15) is 55.6 Å². The Kier molecular flexibility index (Phi) is 18.0. The number of aromatic nitrogens is 4. The van der Waals surface area contributed by atoms with Gasteiger partial charge < -0.3 is 18.3 Å². The van der Waals surface area contributed by atoms with Crippen molar-refractivity contribution >= 4 is 87.2 Å². The third-order valence-corrected chi connectivity index (χ3v) is 24.4. The third-order valence-electron chi connectivity index (χ3n) is 24.4. The maximum atomic E-state index is 16.1. The first-order chi connectivity index (χ1) is 59.6. The van der Waals surface area contributed by atoms with Crippen molar-refractivity contribution in [2.45, 2.75) is 52.4 Å². The number of rotatable bonds is 11. The molecule has 0 unspecified atom stereocenters. The largest absolute Gasteiger partial charge is 0.417 e. The zero-order chi connectivity index (χ0) is 85.9. The van der Waals surface area contributed by atoms with Gasteiger partial charge in [-0.2, -0.15) is 63.2 Å². The Morgan fingerprint density at radius 3 is 0.879 bits per heavy atom. The lowest BCUT2D eigenvalue weighted by Crippen LogP contribution is -2.15. The smallest absolute Gasteiger partial charge is 0.309 e. The standard InChI is InChI=1S/C106H64F12N6/c1-59-19-5-8-22-71(59)65-40-45-93-81(49-65)76-27-13-16-34-91(76)122(93)99-53-69(57-119)95(55-83(99)101-85(103(107,108)109)28-17-29-86(101)104(110,111)112)121-90-33-15-12-26-75(90)82-50-66(41-46-92(82)121)79-47-63(36-35-62(79)4)64-39-44-94-80(48-64)78-43-38-68(73-24-10-7-21-61(73)3)52-98(78)124(94)100-54-70(58-120)96(56-84(100)102-87(105(113,114)115)30-18-31-88(102)106(116,117)118)123-89-32-14-11-25-74(89)77-42-37-67(51-97(77)123)72-23-9-6-20-60(72)2/h5-56H,1-4H3. The second kappa shape index (κ2) is 28.8. The van der Waals surface area contributed by atoms with Crippen molar-refractivity contribution in [3.63, 3.8) is 0 Å². The number of hydrogen-bond donors (Lipinski definition) is 0. The molecule has 16 aromatic carbocycles. The maximum Gasteiger partial charge on any atom is 0.417 e. The topological polar surface area (TPSA) is 67.3 Å². The fourth-order valence-electron chi connectivity index (χ4n) is 18.7. The first kappa shape index (κ1) is 77.5. The summed E-state index contributed by atoms with van der Waals surface area (Å²) in [5, 5.41) is 28.4. The first-order valence-electron chi connectivity index (χ1n) is 39.8. The SMILES string of the molecule is Cc1ccccc1-c1ccc2c(c1)c1ccccc1n2-c1cc(C#N)c(-n2c3ccccc3c3cc(-c4cc(-c5ccc6c(c5)c5ccc(-c7ccccc7C)cc5n6-c5cc(C#N)c(-n6c7ccccc7c7ccc(-c8ccccc8C)cc76)cc5-c5c(C(F)(F)F)cccc5C(F)(F)F)ccc4C)ccc32)cc1-c1c(C(F)(F)F)cccc1C(F)(F)F. The summed E-state index contributed by atoms with van der Waals surface area (Å²) < 4.78 is 199. The van der Waals surface area contributed by atoms with Gasteiger partial charge in [-0.3, -0.25) is 0 Å². The van der Waals surface area contributed by atoms with Crippen LogP contribution in [-0.2, 0) is 24.7 Å². The minimum Gasteiger partial charge on any atom is -0.309 e. The van der Waals surface area contributed by atoms with Gasteiger partial charge in [-0.15, -0.1) is 0 Å². The predicted molar refractivity (Wildman–Crippen MR) is 470 cm³/mol. The fourth-order valence-corrected chi connectivity index (χ4v) is 18.7. The van der Waals surface area contributed by atoms with Gasteiger partial charge in [-0.25, -0.2) is 0 Å². The van der Waals surface area contributed by atoms with Gasteiger partial charge in [0, 0.05) is 65.3 Å². The molecule has 20 rings (SSSR count). The van der Waals surface area contributed by atoms with Crippen LogP contribution in [0.5, 0.6) is 0 Å². The number of hydrogen-bond acceptors (Lipinski definition) is 2. The second-order valence-corrected chi connectivity index (χ2v) is 31.5. The van der Waals surface area contributed by atoms with Gasteiger partial charge in [0.05, 0.1) is 100 Å².